The predicted octanol–water partition coefficient (Wildman–Crippen LogP) is 5.05. The van der Waals surface area contributed by atoms with Gasteiger partial charge < -0.3 is 9.47 Å². The Kier molecular flexibility index (Phi) is 13.8. The van der Waals surface area contributed by atoms with E-state index in [2.05, 4.69) is 13.0 Å². The maximum atomic E-state index is 11.6. The minimum absolute atomic E-state index is 0.242. The fourth-order valence-corrected chi connectivity index (χ4v) is 1.54. The minimum Gasteiger partial charge on any atom is -0.425 e. The van der Waals surface area contributed by atoms with Crippen LogP contribution >= 0.6 is 0 Å². The molecule has 138 valence electrons. The van der Waals surface area contributed by atoms with Crippen LogP contribution in [-0.2, 0) is 19.1 Å². The van der Waals surface area contributed by atoms with Crippen molar-refractivity contribution in [2.45, 2.75) is 53.2 Å². The molecule has 1 unspecified atom stereocenters. The molecule has 0 heterocycles. The van der Waals surface area contributed by atoms with E-state index in [1.807, 2.05) is 54.7 Å². The highest BCUT2D eigenvalue weighted by atomic mass is 16.7. The summed E-state index contributed by atoms with van der Waals surface area (Å²) in [5, 5.41) is 0. The van der Waals surface area contributed by atoms with E-state index in [0.29, 0.717) is 6.42 Å². The third-order valence-corrected chi connectivity index (χ3v) is 2.85. The normalized spacial score (nSPS) is 13.8. The van der Waals surface area contributed by atoms with Crippen molar-refractivity contribution in [1.82, 2.24) is 0 Å². The largest absolute Gasteiger partial charge is 0.425 e. The van der Waals surface area contributed by atoms with E-state index in [4.69, 9.17) is 9.47 Å². The lowest BCUT2D eigenvalue weighted by Gasteiger charge is -2.15. The van der Waals surface area contributed by atoms with E-state index in [9.17, 15) is 9.59 Å². The minimum atomic E-state index is -0.850. The lowest BCUT2D eigenvalue weighted by atomic mass is 10.2. The summed E-state index contributed by atoms with van der Waals surface area (Å²) in [5.41, 5.74) is 0. The zero-order valence-corrected chi connectivity index (χ0v) is 15.7. The Morgan fingerprint density at radius 3 is 1.84 bits per heavy atom. The molecule has 0 aromatic rings. The summed E-state index contributed by atoms with van der Waals surface area (Å²) in [6.07, 6.45) is 20.5. The van der Waals surface area contributed by atoms with Gasteiger partial charge in [-0.3, -0.25) is 9.59 Å². The van der Waals surface area contributed by atoms with Gasteiger partial charge in [0.05, 0.1) is 5.92 Å². The van der Waals surface area contributed by atoms with E-state index in [1.54, 1.807) is 13.8 Å². The van der Waals surface area contributed by atoms with E-state index in [1.165, 1.54) is 6.92 Å². The summed E-state index contributed by atoms with van der Waals surface area (Å²) >= 11 is 0. The summed E-state index contributed by atoms with van der Waals surface area (Å²) in [6.45, 7) is 7.08. The molecule has 1 atom stereocenters. The second-order valence-electron chi connectivity index (χ2n) is 5.61. The van der Waals surface area contributed by atoms with Crippen LogP contribution in [-0.4, -0.2) is 18.2 Å². The van der Waals surface area contributed by atoms with E-state index in [-0.39, 0.29) is 24.3 Å². The number of hydrogen-bond acceptors (Lipinski definition) is 4. The Balaban J connectivity index is 3.89. The molecule has 0 aromatic carbocycles. The monoisotopic (exact) mass is 346 g/mol. The molecule has 0 bridgehead atoms. The van der Waals surface area contributed by atoms with Gasteiger partial charge in [0.2, 0.25) is 6.29 Å². The number of ether oxygens (including phenoxy) is 2. The van der Waals surface area contributed by atoms with Crippen LogP contribution in [0.2, 0.25) is 0 Å². The molecular formula is C21H30O4. The quantitative estimate of drug-likeness (QED) is 0.298. The molecule has 0 amide bonds. The Morgan fingerprint density at radius 1 is 0.800 bits per heavy atom. The fourth-order valence-electron chi connectivity index (χ4n) is 1.54. The van der Waals surface area contributed by atoms with Crippen LogP contribution in [0.25, 0.3) is 0 Å². The molecule has 0 rings (SSSR count). The Bertz CT molecular complexity index is 522. The average molecular weight is 346 g/mol. The van der Waals surface area contributed by atoms with Crippen LogP contribution in [0.3, 0.4) is 0 Å². The Morgan fingerprint density at radius 2 is 1.32 bits per heavy atom. The van der Waals surface area contributed by atoms with Crippen molar-refractivity contribution in [1.29, 1.82) is 0 Å². The van der Waals surface area contributed by atoms with Crippen LogP contribution in [0.1, 0.15) is 47.0 Å². The van der Waals surface area contributed by atoms with Gasteiger partial charge in [-0.25, -0.2) is 0 Å². The average Bonchev–Trinajstić information content (AvgIpc) is 2.55. The predicted molar refractivity (Wildman–Crippen MR) is 102 cm³/mol. The molecule has 25 heavy (non-hydrogen) atoms. The van der Waals surface area contributed by atoms with Gasteiger partial charge in [0.25, 0.3) is 0 Å². The molecule has 0 spiro atoms. The molecule has 0 aliphatic rings. The third kappa shape index (κ3) is 14.9. The zero-order valence-electron chi connectivity index (χ0n) is 15.7. The van der Waals surface area contributed by atoms with Gasteiger partial charge in [0, 0.05) is 13.3 Å². The van der Waals surface area contributed by atoms with Crippen LogP contribution in [0.5, 0.6) is 0 Å². The number of carbonyl (C=O) groups is 2. The first-order valence-corrected chi connectivity index (χ1v) is 8.69. The summed E-state index contributed by atoms with van der Waals surface area (Å²) in [7, 11) is 0. The van der Waals surface area contributed by atoms with Gasteiger partial charge in [-0.2, -0.15) is 0 Å². The summed E-state index contributed by atoms with van der Waals surface area (Å²) in [6, 6.07) is 0. The first-order valence-electron chi connectivity index (χ1n) is 8.69. The molecule has 0 saturated heterocycles. The zero-order chi connectivity index (χ0) is 18.9. The maximum absolute atomic E-state index is 11.6. The van der Waals surface area contributed by atoms with Crippen molar-refractivity contribution in [2.24, 2.45) is 5.92 Å². The highest BCUT2D eigenvalue weighted by Crippen LogP contribution is 2.04. The molecule has 4 heteroatoms. The van der Waals surface area contributed by atoms with E-state index >= 15 is 0 Å². The Labute approximate surface area is 151 Å². The second kappa shape index (κ2) is 15.2. The van der Waals surface area contributed by atoms with Crippen molar-refractivity contribution in [2.75, 3.05) is 0 Å². The molecule has 0 aliphatic heterocycles. The first kappa shape index (κ1) is 22.6. The lowest BCUT2D eigenvalue weighted by Crippen LogP contribution is -2.24. The van der Waals surface area contributed by atoms with Crippen molar-refractivity contribution >= 4 is 11.9 Å². The number of esters is 2. The number of rotatable bonds is 11. The maximum Gasteiger partial charge on any atom is 0.311 e. The molecular weight excluding hydrogens is 316 g/mol. The summed E-state index contributed by atoms with van der Waals surface area (Å²) in [4.78, 5) is 23.0. The van der Waals surface area contributed by atoms with Crippen molar-refractivity contribution in [3.05, 3.63) is 60.8 Å². The standard InChI is InChI=1S/C21H30O4/c1-5-6-7-8-9-10-11-12-13-14-15-16-17-20(22)24-19(4)25-21(23)18(2)3/h6-15,18-19H,5,16-17H2,1-4H3/b7-6-,9-8-,11-10-,13-12-,15-14-. The lowest BCUT2D eigenvalue weighted by molar-refractivity contribution is -0.186. The van der Waals surface area contributed by atoms with Crippen LogP contribution in [0, 0.1) is 5.92 Å². The molecule has 4 nitrogen and oxygen atoms in total. The van der Waals surface area contributed by atoms with Crippen molar-refractivity contribution in [3.63, 3.8) is 0 Å². The molecule has 0 radical (unpaired) electrons. The van der Waals surface area contributed by atoms with Crippen molar-refractivity contribution in [3.8, 4) is 0 Å². The summed E-state index contributed by atoms with van der Waals surface area (Å²) in [5.74, 6) is -1.01. The van der Waals surface area contributed by atoms with Crippen LogP contribution < -0.4 is 0 Å². The second-order valence-corrected chi connectivity index (χ2v) is 5.61. The molecule has 0 N–H and O–H groups in total. The number of carbonyl (C=O) groups excluding carboxylic acids is 2. The highest BCUT2D eigenvalue weighted by Gasteiger charge is 2.15. The highest BCUT2D eigenvalue weighted by molar-refractivity contribution is 5.72. The first-order chi connectivity index (χ1) is 12.0. The van der Waals surface area contributed by atoms with Gasteiger partial charge in [0.15, 0.2) is 0 Å². The Hall–Kier alpha value is -2.36. The number of hydrogen-bond donors (Lipinski definition) is 0. The number of allylic oxidation sites excluding steroid dienone is 10. The fraction of sp³-hybridized carbons (Fsp3) is 0.429. The molecule has 0 aromatic heterocycles. The van der Waals surface area contributed by atoms with Crippen LogP contribution in [0.15, 0.2) is 60.8 Å². The van der Waals surface area contributed by atoms with Gasteiger partial charge >= 0.3 is 11.9 Å². The van der Waals surface area contributed by atoms with Gasteiger partial charge in [-0.05, 0) is 12.8 Å². The van der Waals surface area contributed by atoms with Crippen LogP contribution in [0.4, 0.5) is 0 Å². The van der Waals surface area contributed by atoms with E-state index in [0.717, 1.165) is 6.42 Å². The SMILES string of the molecule is CC\C=C/C=C\C=C/C=C\C=C/CCC(=O)OC(C)OC(=O)C(C)C. The summed E-state index contributed by atoms with van der Waals surface area (Å²) < 4.78 is 9.98. The topological polar surface area (TPSA) is 52.6 Å². The smallest absolute Gasteiger partial charge is 0.311 e. The molecule has 0 fully saturated rings. The van der Waals surface area contributed by atoms with Gasteiger partial charge in [-0.15, -0.1) is 0 Å². The molecule has 0 saturated carbocycles. The van der Waals surface area contributed by atoms with Gasteiger partial charge in [-0.1, -0.05) is 81.5 Å². The van der Waals surface area contributed by atoms with Gasteiger partial charge in [0.1, 0.15) is 0 Å². The third-order valence-electron chi connectivity index (χ3n) is 2.85. The molecule has 0 aliphatic carbocycles. The van der Waals surface area contributed by atoms with E-state index < -0.39 is 6.29 Å². The van der Waals surface area contributed by atoms with Crippen molar-refractivity contribution < 1.29 is 19.1 Å².